The van der Waals surface area contributed by atoms with Crippen molar-refractivity contribution in [3.05, 3.63) is 57.6 Å². The molecule has 0 radical (unpaired) electrons. The molecule has 0 aromatic heterocycles. The predicted molar refractivity (Wildman–Crippen MR) is 79.7 cm³/mol. The van der Waals surface area contributed by atoms with E-state index in [-0.39, 0.29) is 0 Å². The number of rotatable bonds is 3. The molecule has 0 fully saturated rings. The van der Waals surface area contributed by atoms with Crippen LogP contribution >= 0.6 is 27.5 Å². The van der Waals surface area contributed by atoms with Gasteiger partial charge in [-0.3, -0.25) is 0 Å². The summed E-state index contributed by atoms with van der Waals surface area (Å²) >= 11 is 9.32. The van der Waals surface area contributed by atoms with Crippen molar-refractivity contribution in [2.45, 2.75) is 19.7 Å². The van der Waals surface area contributed by atoms with Crippen molar-refractivity contribution < 1.29 is 4.74 Å². The summed E-state index contributed by atoms with van der Waals surface area (Å²) in [5.74, 6) is 2.19. The predicted octanol–water partition coefficient (Wildman–Crippen LogP) is 5.60. The quantitative estimate of drug-likeness (QED) is 0.668. The van der Waals surface area contributed by atoms with Crippen molar-refractivity contribution in [3.8, 4) is 11.5 Å². The number of ether oxygens (including phenoxy) is 1. The Kier molecular flexibility index (Phi) is 4.31. The average Bonchev–Trinajstić information content (AvgIpc) is 2.36. The highest BCUT2D eigenvalue weighted by Gasteiger charge is 2.04. The van der Waals surface area contributed by atoms with Gasteiger partial charge in [-0.15, -0.1) is 11.6 Å². The van der Waals surface area contributed by atoms with E-state index < -0.39 is 0 Å². The Morgan fingerprint density at radius 1 is 1.06 bits per heavy atom. The number of hydrogen-bond acceptors (Lipinski definition) is 1. The topological polar surface area (TPSA) is 9.23 Å². The third-order valence-corrected chi connectivity index (χ3v) is 3.96. The van der Waals surface area contributed by atoms with Gasteiger partial charge in [0.1, 0.15) is 11.5 Å². The summed E-state index contributed by atoms with van der Waals surface area (Å²) in [5, 5.41) is 0. The SMILES string of the molecule is Cc1cc(Oc2cc(CCl)ccc2C)ccc1Br. The summed E-state index contributed by atoms with van der Waals surface area (Å²) in [6, 6.07) is 12.0. The first-order chi connectivity index (χ1) is 8.60. The van der Waals surface area contributed by atoms with Crippen LogP contribution in [-0.2, 0) is 5.88 Å². The van der Waals surface area contributed by atoms with E-state index in [2.05, 4.69) is 15.9 Å². The Morgan fingerprint density at radius 2 is 1.83 bits per heavy atom. The highest BCUT2D eigenvalue weighted by Crippen LogP contribution is 2.29. The molecule has 0 amide bonds. The minimum atomic E-state index is 0.496. The number of halogens is 2. The molecule has 0 spiro atoms. The molecule has 0 aliphatic carbocycles. The maximum absolute atomic E-state index is 5.91. The molecule has 0 unspecified atom stereocenters. The molecule has 1 nitrogen and oxygen atoms in total. The first kappa shape index (κ1) is 13.4. The van der Waals surface area contributed by atoms with E-state index in [0.29, 0.717) is 5.88 Å². The Balaban J connectivity index is 2.30. The molecular formula is C15H14BrClO. The van der Waals surface area contributed by atoms with Crippen LogP contribution in [-0.4, -0.2) is 0 Å². The van der Waals surface area contributed by atoms with Gasteiger partial charge in [0.25, 0.3) is 0 Å². The normalized spacial score (nSPS) is 10.4. The van der Waals surface area contributed by atoms with Crippen LogP contribution in [0.4, 0.5) is 0 Å². The zero-order valence-electron chi connectivity index (χ0n) is 10.3. The highest BCUT2D eigenvalue weighted by molar-refractivity contribution is 9.10. The van der Waals surface area contributed by atoms with E-state index >= 15 is 0 Å². The van der Waals surface area contributed by atoms with Gasteiger partial charge in [-0.05, 0) is 54.8 Å². The summed E-state index contributed by atoms with van der Waals surface area (Å²) in [6.07, 6.45) is 0. The van der Waals surface area contributed by atoms with E-state index in [1.165, 1.54) is 0 Å². The van der Waals surface area contributed by atoms with Crippen molar-refractivity contribution >= 4 is 27.5 Å². The molecule has 2 rings (SSSR count). The molecule has 0 N–H and O–H groups in total. The van der Waals surface area contributed by atoms with Crippen molar-refractivity contribution in [2.24, 2.45) is 0 Å². The fourth-order valence-electron chi connectivity index (χ4n) is 1.65. The summed E-state index contributed by atoms with van der Waals surface area (Å²) in [7, 11) is 0. The van der Waals surface area contributed by atoms with Gasteiger partial charge in [-0.1, -0.05) is 28.1 Å². The number of alkyl halides is 1. The average molecular weight is 326 g/mol. The van der Waals surface area contributed by atoms with Gasteiger partial charge < -0.3 is 4.74 Å². The molecule has 0 atom stereocenters. The van der Waals surface area contributed by atoms with Crippen LogP contribution in [0.15, 0.2) is 40.9 Å². The molecule has 0 heterocycles. The monoisotopic (exact) mass is 324 g/mol. The molecule has 18 heavy (non-hydrogen) atoms. The summed E-state index contributed by atoms with van der Waals surface area (Å²) in [5.41, 5.74) is 3.31. The van der Waals surface area contributed by atoms with Crippen molar-refractivity contribution in [2.75, 3.05) is 0 Å². The Morgan fingerprint density at radius 3 is 2.50 bits per heavy atom. The van der Waals surface area contributed by atoms with Gasteiger partial charge in [-0.25, -0.2) is 0 Å². The molecule has 0 aliphatic rings. The molecular weight excluding hydrogens is 312 g/mol. The van der Waals surface area contributed by atoms with Crippen LogP contribution in [0, 0.1) is 13.8 Å². The Bertz CT molecular complexity index is 566. The lowest BCUT2D eigenvalue weighted by molar-refractivity contribution is 0.478. The first-order valence-electron chi connectivity index (χ1n) is 5.69. The maximum atomic E-state index is 5.91. The van der Waals surface area contributed by atoms with Crippen LogP contribution in [0.25, 0.3) is 0 Å². The fraction of sp³-hybridized carbons (Fsp3) is 0.200. The largest absolute Gasteiger partial charge is 0.457 e. The zero-order chi connectivity index (χ0) is 13.1. The van der Waals surface area contributed by atoms with E-state index in [0.717, 1.165) is 32.7 Å². The third kappa shape index (κ3) is 3.06. The van der Waals surface area contributed by atoms with Crippen LogP contribution in [0.2, 0.25) is 0 Å². The minimum absolute atomic E-state index is 0.496. The van der Waals surface area contributed by atoms with Gasteiger partial charge >= 0.3 is 0 Å². The highest BCUT2D eigenvalue weighted by atomic mass is 79.9. The van der Waals surface area contributed by atoms with E-state index in [1.807, 2.05) is 50.2 Å². The standard InChI is InChI=1S/C15H14BrClO/c1-10-3-4-12(9-17)8-15(10)18-13-5-6-14(16)11(2)7-13/h3-8H,9H2,1-2H3. The maximum Gasteiger partial charge on any atom is 0.130 e. The van der Waals surface area contributed by atoms with Gasteiger partial charge in [0.05, 0.1) is 0 Å². The van der Waals surface area contributed by atoms with Crippen molar-refractivity contribution in [3.63, 3.8) is 0 Å². The summed E-state index contributed by atoms with van der Waals surface area (Å²) in [6.45, 7) is 4.07. The fourth-order valence-corrected chi connectivity index (χ4v) is 2.06. The molecule has 0 saturated heterocycles. The van der Waals surface area contributed by atoms with Crippen molar-refractivity contribution in [1.29, 1.82) is 0 Å². The lowest BCUT2D eigenvalue weighted by Gasteiger charge is -2.11. The van der Waals surface area contributed by atoms with Crippen LogP contribution < -0.4 is 4.74 Å². The molecule has 2 aromatic carbocycles. The number of hydrogen-bond donors (Lipinski definition) is 0. The van der Waals surface area contributed by atoms with Gasteiger partial charge in [0.15, 0.2) is 0 Å². The zero-order valence-corrected chi connectivity index (χ0v) is 12.7. The Labute approximate surface area is 121 Å². The van der Waals surface area contributed by atoms with Gasteiger partial charge in [0, 0.05) is 10.4 Å². The molecule has 2 aromatic rings. The van der Waals surface area contributed by atoms with Gasteiger partial charge in [-0.2, -0.15) is 0 Å². The first-order valence-corrected chi connectivity index (χ1v) is 7.02. The third-order valence-electron chi connectivity index (χ3n) is 2.76. The Hall–Kier alpha value is -0.990. The molecule has 94 valence electrons. The second kappa shape index (κ2) is 5.77. The molecule has 0 aliphatic heterocycles. The van der Waals surface area contributed by atoms with E-state index in [1.54, 1.807) is 0 Å². The number of aryl methyl sites for hydroxylation is 2. The summed E-state index contributed by atoms with van der Waals surface area (Å²) in [4.78, 5) is 0. The van der Waals surface area contributed by atoms with E-state index in [9.17, 15) is 0 Å². The summed E-state index contributed by atoms with van der Waals surface area (Å²) < 4.78 is 6.99. The second-order valence-electron chi connectivity index (χ2n) is 4.25. The van der Waals surface area contributed by atoms with Crippen LogP contribution in [0.3, 0.4) is 0 Å². The molecule has 3 heteroatoms. The van der Waals surface area contributed by atoms with Crippen LogP contribution in [0.5, 0.6) is 11.5 Å². The minimum Gasteiger partial charge on any atom is -0.457 e. The van der Waals surface area contributed by atoms with Crippen LogP contribution in [0.1, 0.15) is 16.7 Å². The lowest BCUT2D eigenvalue weighted by atomic mass is 10.1. The van der Waals surface area contributed by atoms with Crippen molar-refractivity contribution in [1.82, 2.24) is 0 Å². The second-order valence-corrected chi connectivity index (χ2v) is 5.37. The lowest BCUT2D eigenvalue weighted by Crippen LogP contribution is -1.90. The molecule has 0 bridgehead atoms. The molecule has 0 saturated carbocycles. The van der Waals surface area contributed by atoms with Gasteiger partial charge in [0.2, 0.25) is 0 Å². The number of benzene rings is 2. The smallest absolute Gasteiger partial charge is 0.130 e. The van der Waals surface area contributed by atoms with E-state index in [4.69, 9.17) is 16.3 Å².